The normalized spacial score (nSPS) is 12.4. The highest BCUT2D eigenvalue weighted by Crippen LogP contribution is 2.25. The molecule has 2 rings (SSSR count). The summed E-state index contributed by atoms with van der Waals surface area (Å²) in [5.41, 5.74) is 1.54. The predicted molar refractivity (Wildman–Crippen MR) is 71.2 cm³/mol. The number of rotatable bonds is 4. The van der Waals surface area contributed by atoms with E-state index in [1.165, 1.54) is 6.07 Å². The van der Waals surface area contributed by atoms with E-state index in [0.29, 0.717) is 17.0 Å². The zero-order valence-corrected chi connectivity index (χ0v) is 10.8. The lowest BCUT2D eigenvalue weighted by Crippen LogP contribution is -2.19. The molecular formula is C14H14ClFN2. The fourth-order valence-corrected chi connectivity index (χ4v) is 2.14. The maximum Gasteiger partial charge on any atom is 0.127 e. The highest BCUT2D eigenvalue weighted by molar-refractivity contribution is 6.31. The number of halogens is 2. The van der Waals surface area contributed by atoms with Gasteiger partial charge in [0, 0.05) is 29.0 Å². The van der Waals surface area contributed by atoms with Crippen molar-refractivity contribution in [1.29, 1.82) is 0 Å². The third-order valence-electron chi connectivity index (χ3n) is 2.91. The monoisotopic (exact) mass is 264 g/mol. The second kappa shape index (κ2) is 5.94. The van der Waals surface area contributed by atoms with Crippen molar-refractivity contribution in [2.24, 2.45) is 0 Å². The quantitative estimate of drug-likeness (QED) is 0.916. The molecular weight excluding hydrogens is 251 g/mol. The Morgan fingerprint density at radius 3 is 2.78 bits per heavy atom. The first-order valence-corrected chi connectivity index (χ1v) is 6.10. The first-order chi connectivity index (χ1) is 8.72. The maximum atomic E-state index is 13.7. The highest BCUT2D eigenvalue weighted by atomic mass is 35.5. The van der Waals surface area contributed by atoms with Gasteiger partial charge in [-0.05, 0) is 37.2 Å². The lowest BCUT2D eigenvalue weighted by atomic mass is 10.00. The Morgan fingerprint density at radius 2 is 2.17 bits per heavy atom. The molecule has 1 unspecified atom stereocenters. The molecule has 0 saturated heterocycles. The number of hydrogen-bond acceptors (Lipinski definition) is 2. The van der Waals surface area contributed by atoms with Crippen LogP contribution in [-0.2, 0) is 6.42 Å². The Balaban J connectivity index is 2.26. The van der Waals surface area contributed by atoms with Crippen molar-refractivity contribution in [3.63, 3.8) is 0 Å². The Bertz CT molecular complexity index is 496. The summed E-state index contributed by atoms with van der Waals surface area (Å²) in [5, 5.41) is 3.61. The van der Waals surface area contributed by atoms with Gasteiger partial charge in [0.1, 0.15) is 5.82 Å². The third-order valence-corrected chi connectivity index (χ3v) is 3.26. The first kappa shape index (κ1) is 13.0. The van der Waals surface area contributed by atoms with E-state index in [1.807, 2.05) is 19.2 Å². The molecule has 0 fully saturated rings. The van der Waals surface area contributed by atoms with E-state index in [-0.39, 0.29) is 11.9 Å². The van der Waals surface area contributed by atoms with E-state index in [2.05, 4.69) is 10.3 Å². The van der Waals surface area contributed by atoms with Crippen LogP contribution in [0.3, 0.4) is 0 Å². The predicted octanol–water partition coefficient (Wildman–Crippen LogP) is 3.38. The van der Waals surface area contributed by atoms with Crippen LogP contribution in [0.25, 0.3) is 0 Å². The van der Waals surface area contributed by atoms with Crippen LogP contribution in [0, 0.1) is 5.82 Å². The van der Waals surface area contributed by atoms with Gasteiger partial charge in [0.25, 0.3) is 0 Å². The summed E-state index contributed by atoms with van der Waals surface area (Å²) in [5.74, 6) is -0.272. The summed E-state index contributed by atoms with van der Waals surface area (Å²) in [6.07, 6.45) is 3.98. The SMILES string of the molecule is CNC(Cc1c(F)cccc1Cl)c1cccnc1. The van der Waals surface area contributed by atoms with Gasteiger partial charge in [0.2, 0.25) is 0 Å². The summed E-state index contributed by atoms with van der Waals surface area (Å²) in [6.45, 7) is 0. The molecule has 0 amide bonds. The Morgan fingerprint density at radius 1 is 1.33 bits per heavy atom. The van der Waals surface area contributed by atoms with Crippen molar-refractivity contribution in [3.8, 4) is 0 Å². The summed E-state index contributed by atoms with van der Waals surface area (Å²) in [6, 6.07) is 8.56. The summed E-state index contributed by atoms with van der Waals surface area (Å²) < 4.78 is 13.7. The van der Waals surface area contributed by atoms with Crippen LogP contribution < -0.4 is 5.32 Å². The van der Waals surface area contributed by atoms with Crippen molar-refractivity contribution in [2.75, 3.05) is 7.05 Å². The molecule has 2 nitrogen and oxygen atoms in total. The second-order valence-electron chi connectivity index (χ2n) is 4.03. The van der Waals surface area contributed by atoms with Crippen LogP contribution in [0.15, 0.2) is 42.7 Å². The molecule has 2 aromatic rings. The van der Waals surface area contributed by atoms with E-state index >= 15 is 0 Å². The van der Waals surface area contributed by atoms with Crippen molar-refractivity contribution >= 4 is 11.6 Å². The van der Waals surface area contributed by atoms with Gasteiger partial charge in [0.15, 0.2) is 0 Å². The first-order valence-electron chi connectivity index (χ1n) is 5.72. The van der Waals surface area contributed by atoms with Gasteiger partial charge >= 0.3 is 0 Å². The van der Waals surface area contributed by atoms with Gasteiger partial charge in [-0.25, -0.2) is 4.39 Å². The Kier molecular flexibility index (Phi) is 4.28. The fourth-order valence-electron chi connectivity index (χ4n) is 1.90. The third kappa shape index (κ3) is 2.86. The van der Waals surface area contributed by atoms with Crippen molar-refractivity contribution in [1.82, 2.24) is 10.3 Å². The van der Waals surface area contributed by atoms with E-state index in [1.54, 1.807) is 24.5 Å². The molecule has 0 saturated carbocycles. The molecule has 1 N–H and O–H groups in total. The number of benzene rings is 1. The number of hydrogen-bond donors (Lipinski definition) is 1. The van der Waals surface area contributed by atoms with Gasteiger partial charge in [-0.1, -0.05) is 23.7 Å². The molecule has 18 heavy (non-hydrogen) atoms. The summed E-state index contributed by atoms with van der Waals surface area (Å²) in [7, 11) is 1.84. The lowest BCUT2D eigenvalue weighted by Gasteiger charge is -2.17. The topological polar surface area (TPSA) is 24.9 Å². The van der Waals surface area contributed by atoms with Gasteiger partial charge < -0.3 is 5.32 Å². The van der Waals surface area contributed by atoms with Crippen LogP contribution in [0.2, 0.25) is 5.02 Å². The molecule has 94 valence electrons. The molecule has 4 heteroatoms. The minimum absolute atomic E-state index is 0.00639. The smallest absolute Gasteiger partial charge is 0.127 e. The standard InChI is InChI=1S/C14H14ClFN2/c1-17-14(10-4-3-7-18-9-10)8-11-12(15)5-2-6-13(11)16/h2-7,9,14,17H,8H2,1H3. The zero-order valence-electron chi connectivity index (χ0n) is 10.0. The molecule has 1 heterocycles. The number of nitrogens with zero attached hydrogens (tertiary/aromatic N) is 1. The number of pyridine rings is 1. The number of nitrogens with one attached hydrogen (secondary N) is 1. The lowest BCUT2D eigenvalue weighted by molar-refractivity contribution is 0.553. The van der Waals surface area contributed by atoms with Crippen LogP contribution in [0.4, 0.5) is 4.39 Å². The van der Waals surface area contributed by atoms with Crippen LogP contribution in [0.1, 0.15) is 17.2 Å². The average Bonchev–Trinajstić information content (AvgIpc) is 2.40. The van der Waals surface area contributed by atoms with Gasteiger partial charge in [-0.2, -0.15) is 0 Å². The Labute approximate surface area is 111 Å². The van der Waals surface area contributed by atoms with Crippen molar-refractivity contribution in [3.05, 3.63) is 64.7 Å². The molecule has 0 spiro atoms. The van der Waals surface area contributed by atoms with Crippen LogP contribution >= 0.6 is 11.6 Å². The number of likely N-dealkylation sites (N-methyl/N-ethyl adjacent to an activating group) is 1. The molecule has 1 aromatic carbocycles. The van der Waals surface area contributed by atoms with E-state index in [4.69, 9.17) is 11.6 Å². The van der Waals surface area contributed by atoms with Crippen LogP contribution in [0.5, 0.6) is 0 Å². The van der Waals surface area contributed by atoms with Gasteiger partial charge in [-0.3, -0.25) is 4.98 Å². The maximum absolute atomic E-state index is 13.7. The fraction of sp³-hybridized carbons (Fsp3) is 0.214. The van der Waals surface area contributed by atoms with E-state index in [0.717, 1.165) is 5.56 Å². The zero-order chi connectivity index (χ0) is 13.0. The molecule has 0 aliphatic heterocycles. The average molecular weight is 265 g/mol. The van der Waals surface area contributed by atoms with Crippen molar-refractivity contribution < 1.29 is 4.39 Å². The molecule has 1 aromatic heterocycles. The minimum Gasteiger partial charge on any atom is -0.313 e. The number of aromatic nitrogens is 1. The van der Waals surface area contributed by atoms with E-state index in [9.17, 15) is 4.39 Å². The molecule has 0 aliphatic rings. The second-order valence-corrected chi connectivity index (χ2v) is 4.44. The molecule has 0 aliphatic carbocycles. The van der Waals surface area contributed by atoms with Gasteiger partial charge in [-0.15, -0.1) is 0 Å². The molecule has 1 atom stereocenters. The molecule has 0 bridgehead atoms. The Hall–Kier alpha value is -1.45. The van der Waals surface area contributed by atoms with Gasteiger partial charge in [0.05, 0.1) is 0 Å². The van der Waals surface area contributed by atoms with Crippen molar-refractivity contribution in [2.45, 2.75) is 12.5 Å². The summed E-state index contributed by atoms with van der Waals surface area (Å²) in [4.78, 5) is 4.07. The molecule has 0 radical (unpaired) electrons. The van der Waals surface area contributed by atoms with E-state index < -0.39 is 0 Å². The largest absolute Gasteiger partial charge is 0.313 e. The summed E-state index contributed by atoms with van der Waals surface area (Å²) >= 11 is 6.03. The highest BCUT2D eigenvalue weighted by Gasteiger charge is 2.15. The van der Waals surface area contributed by atoms with Crippen LogP contribution in [-0.4, -0.2) is 12.0 Å². The minimum atomic E-state index is -0.272.